The maximum Gasteiger partial charge on any atom is 0.165 e. The molecule has 3 heteroatoms. The molecule has 0 aliphatic rings. The third-order valence-corrected chi connectivity index (χ3v) is 2.85. The molecule has 1 aromatic rings. The number of hydrogen-bond acceptors (Lipinski definition) is 3. The first-order valence-corrected chi connectivity index (χ1v) is 5.48. The highest BCUT2D eigenvalue weighted by atomic mass is 32.1. The summed E-state index contributed by atoms with van der Waals surface area (Å²) in [5.41, 5.74) is 2.57. The highest BCUT2D eigenvalue weighted by Gasteiger charge is 2.13. The zero-order chi connectivity index (χ0) is 10.7. The van der Waals surface area contributed by atoms with Crippen LogP contribution in [0.25, 0.3) is 0 Å². The van der Waals surface area contributed by atoms with Crippen molar-refractivity contribution in [2.24, 2.45) is 0 Å². The zero-order valence-electron chi connectivity index (χ0n) is 8.81. The molecule has 0 fully saturated rings. The summed E-state index contributed by atoms with van der Waals surface area (Å²) < 4.78 is 0. The quantitative estimate of drug-likeness (QED) is 0.768. The SMILES string of the molecule is C=C(C)Nc1c(C(=O)CC)csc1C. The number of thiophene rings is 1. The van der Waals surface area contributed by atoms with Gasteiger partial charge in [0.2, 0.25) is 0 Å². The minimum Gasteiger partial charge on any atom is -0.358 e. The Bertz CT molecular complexity index is 365. The van der Waals surface area contributed by atoms with Gasteiger partial charge >= 0.3 is 0 Å². The van der Waals surface area contributed by atoms with E-state index >= 15 is 0 Å². The lowest BCUT2D eigenvalue weighted by Gasteiger charge is -2.07. The summed E-state index contributed by atoms with van der Waals surface area (Å²) in [6.45, 7) is 9.54. The Morgan fingerprint density at radius 2 is 2.29 bits per heavy atom. The zero-order valence-corrected chi connectivity index (χ0v) is 9.62. The first-order valence-electron chi connectivity index (χ1n) is 4.60. The fraction of sp³-hybridized carbons (Fsp3) is 0.364. The van der Waals surface area contributed by atoms with Gasteiger partial charge in [0.25, 0.3) is 0 Å². The third kappa shape index (κ3) is 2.23. The average Bonchev–Trinajstić information content (AvgIpc) is 2.46. The summed E-state index contributed by atoms with van der Waals surface area (Å²) in [5.74, 6) is 0.179. The van der Waals surface area contributed by atoms with Crippen molar-refractivity contribution in [3.05, 3.63) is 28.1 Å². The molecular formula is C11H15NOS. The van der Waals surface area contributed by atoms with Gasteiger partial charge in [-0.2, -0.15) is 0 Å². The lowest BCUT2D eigenvalue weighted by atomic mass is 10.1. The number of allylic oxidation sites excluding steroid dienone is 1. The molecule has 1 rings (SSSR count). The Morgan fingerprint density at radius 1 is 1.64 bits per heavy atom. The molecule has 1 heterocycles. The van der Waals surface area contributed by atoms with Crippen LogP contribution in [0.4, 0.5) is 5.69 Å². The molecule has 0 atom stereocenters. The molecule has 0 aliphatic heterocycles. The lowest BCUT2D eigenvalue weighted by Crippen LogP contribution is -2.02. The molecule has 0 amide bonds. The first-order chi connectivity index (χ1) is 6.56. The van der Waals surface area contributed by atoms with E-state index in [1.807, 2.05) is 26.2 Å². The second-order valence-electron chi connectivity index (χ2n) is 3.26. The fourth-order valence-electron chi connectivity index (χ4n) is 1.22. The molecule has 14 heavy (non-hydrogen) atoms. The molecular weight excluding hydrogens is 194 g/mol. The van der Waals surface area contributed by atoms with Crippen LogP contribution in [-0.4, -0.2) is 5.78 Å². The second-order valence-corrected chi connectivity index (χ2v) is 4.35. The molecule has 0 spiro atoms. The molecule has 0 radical (unpaired) electrons. The summed E-state index contributed by atoms with van der Waals surface area (Å²) in [7, 11) is 0. The Morgan fingerprint density at radius 3 is 2.79 bits per heavy atom. The van der Waals surface area contributed by atoms with E-state index in [9.17, 15) is 4.79 Å². The highest BCUT2D eigenvalue weighted by molar-refractivity contribution is 7.10. The number of nitrogens with one attached hydrogen (secondary N) is 1. The molecule has 0 aliphatic carbocycles. The van der Waals surface area contributed by atoms with Gasteiger partial charge < -0.3 is 5.32 Å². The van der Waals surface area contributed by atoms with Crippen LogP contribution in [0, 0.1) is 6.92 Å². The number of anilines is 1. The van der Waals surface area contributed by atoms with Crippen LogP contribution in [0.5, 0.6) is 0 Å². The number of carbonyl (C=O) groups excluding carboxylic acids is 1. The number of hydrogen-bond donors (Lipinski definition) is 1. The Labute approximate surface area is 88.6 Å². The molecule has 1 aromatic heterocycles. The van der Waals surface area contributed by atoms with E-state index in [2.05, 4.69) is 11.9 Å². The minimum atomic E-state index is 0.179. The van der Waals surface area contributed by atoms with E-state index in [4.69, 9.17) is 0 Å². The minimum absolute atomic E-state index is 0.179. The van der Waals surface area contributed by atoms with Crippen LogP contribution in [0.3, 0.4) is 0 Å². The number of rotatable bonds is 4. The molecule has 1 N–H and O–H groups in total. The van der Waals surface area contributed by atoms with Gasteiger partial charge in [0.1, 0.15) is 0 Å². The number of Topliss-reactive ketones (excluding diaryl/α,β-unsaturated/α-hetero) is 1. The van der Waals surface area contributed by atoms with Gasteiger partial charge in [-0.1, -0.05) is 13.5 Å². The maximum atomic E-state index is 11.6. The van der Waals surface area contributed by atoms with Crippen molar-refractivity contribution in [2.45, 2.75) is 27.2 Å². The summed E-state index contributed by atoms with van der Waals surface area (Å²) in [6, 6.07) is 0. The van der Waals surface area contributed by atoms with Crippen molar-refractivity contribution in [3.8, 4) is 0 Å². The van der Waals surface area contributed by atoms with Gasteiger partial charge in [0.05, 0.1) is 11.3 Å². The number of ketones is 1. The number of aryl methyl sites for hydroxylation is 1. The van der Waals surface area contributed by atoms with E-state index in [1.54, 1.807) is 11.3 Å². The summed E-state index contributed by atoms with van der Waals surface area (Å²) in [6.07, 6.45) is 0.543. The van der Waals surface area contributed by atoms with E-state index < -0.39 is 0 Å². The topological polar surface area (TPSA) is 29.1 Å². The van der Waals surface area contributed by atoms with E-state index in [-0.39, 0.29) is 5.78 Å². The molecule has 0 bridgehead atoms. The second kappa shape index (κ2) is 4.42. The van der Waals surface area contributed by atoms with Gasteiger partial charge in [0.15, 0.2) is 5.78 Å². The predicted molar refractivity (Wildman–Crippen MR) is 62.1 cm³/mol. The average molecular weight is 209 g/mol. The third-order valence-electron chi connectivity index (χ3n) is 1.93. The molecule has 2 nitrogen and oxygen atoms in total. The largest absolute Gasteiger partial charge is 0.358 e. The van der Waals surface area contributed by atoms with Crippen molar-refractivity contribution < 1.29 is 4.79 Å². The van der Waals surface area contributed by atoms with Crippen molar-refractivity contribution in [1.29, 1.82) is 0 Å². The van der Waals surface area contributed by atoms with E-state index in [0.29, 0.717) is 6.42 Å². The standard InChI is InChI=1S/C11H15NOS/c1-5-10(13)9-6-14-8(4)11(9)12-7(2)3/h6,12H,2,5H2,1,3-4H3. The van der Waals surface area contributed by atoms with Crippen molar-refractivity contribution in [1.82, 2.24) is 0 Å². The Kier molecular flexibility index (Phi) is 3.47. The van der Waals surface area contributed by atoms with Crippen LogP contribution in [0.1, 0.15) is 35.5 Å². The maximum absolute atomic E-state index is 11.6. The summed E-state index contributed by atoms with van der Waals surface area (Å²) >= 11 is 1.59. The monoisotopic (exact) mass is 209 g/mol. The van der Waals surface area contributed by atoms with Gasteiger partial charge in [-0.25, -0.2) is 0 Å². The van der Waals surface area contributed by atoms with Crippen molar-refractivity contribution in [3.63, 3.8) is 0 Å². The number of carbonyl (C=O) groups is 1. The van der Waals surface area contributed by atoms with Crippen molar-refractivity contribution in [2.75, 3.05) is 5.32 Å². The molecule has 0 saturated heterocycles. The first kappa shape index (κ1) is 11.0. The van der Waals surface area contributed by atoms with Gasteiger partial charge in [-0.05, 0) is 13.8 Å². The van der Waals surface area contributed by atoms with Crippen LogP contribution in [0.15, 0.2) is 17.7 Å². The normalized spacial score (nSPS) is 9.93. The van der Waals surface area contributed by atoms with E-state index in [0.717, 1.165) is 21.8 Å². The van der Waals surface area contributed by atoms with Crippen LogP contribution >= 0.6 is 11.3 Å². The predicted octanol–water partition coefficient (Wildman–Crippen LogP) is 3.59. The lowest BCUT2D eigenvalue weighted by molar-refractivity contribution is 0.0989. The highest BCUT2D eigenvalue weighted by Crippen LogP contribution is 2.29. The Hall–Kier alpha value is -1.09. The van der Waals surface area contributed by atoms with Crippen LogP contribution < -0.4 is 5.32 Å². The molecule has 76 valence electrons. The van der Waals surface area contributed by atoms with Crippen LogP contribution in [-0.2, 0) is 0 Å². The van der Waals surface area contributed by atoms with Crippen LogP contribution in [0.2, 0.25) is 0 Å². The van der Waals surface area contributed by atoms with Gasteiger partial charge in [0, 0.05) is 22.4 Å². The van der Waals surface area contributed by atoms with Gasteiger partial charge in [-0.3, -0.25) is 4.79 Å². The van der Waals surface area contributed by atoms with E-state index in [1.165, 1.54) is 0 Å². The molecule has 0 unspecified atom stereocenters. The van der Waals surface area contributed by atoms with Crippen molar-refractivity contribution >= 4 is 22.8 Å². The Balaban J connectivity index is 3.05. The van der Waals surface area contributed by atoms with Gasteiger partial charge in [-0.15, -0.1) is 11.3 Å². The molecule has 0 aromatic carbocycles. The fourth-order valence-corrected chi connectivity index (χ4v) is 2.04. The molecule has 0 saturated carbocycles. The smallest absolute Gasteiger partial charge is 0.165 e. The summed E-state index contributed by atoms with van der Waals surface area (Å²) in [4.78, 5) is 12.7. The summed E-state index contributed by atoms with van der Waals surface area (Å²) in [5, 5.41) is 5.04.